The molecule has 0 radical (unpaired) electrons. The fourth-order valence-corrected chi connectivity index (χ4v) is 2.88. The number of nitrogens with zero attached hydrogens (tertiary/aromatic N) is 1. The zero-order valence-corrected chi connectivity index (χ0v) is 11.6. The minimum absolute atomic E-state index is 0.608. The van der Waals surface area contributed by atoms with E-state index >= 15 is 0 Å². The number of ether oxygens (including phenoxy) is 1. The van der Waals surface area contributed by atoms with Crippen LogP contribution in [-0.2, 0) is 4.74 Å². The van der Waals surface area contributed by atoms with Crippen LogP contribution in [0.25, 0.3) is 0 Å². The Labute approximate surface area is 106 Å². The Bertz CT molecular complexity index is 222. The zero-order chi connectivity index (χ0) is 12.3. The molecule has 1 aliphatic heterocycles. The van der Waals surface area contributed by atoms with E-state index in [0.29, 0.717) is 12.0 Å². The van der Waals surface area contributed by atoms with E-state index in [1.807, 2.05) is 0 Å². The van der Waals surface area contributed by atoms with Crippen LogP contribution in [0.3, 0.4) is 0 Å². The van der Waals surface area contributed by atoms with Crippen LogP contribution >= 0.6 is 0 Å². The maximum Gasteiger partial charge on any atom is 0.0510 e. The van der Waals surface area contributed by atoms with Gasteiger partial charge >= 0.3 is 0 Å². The monoisotopic (exact) mass is 240 g/mol. The van der Waals surface area contributed by atoms with E-state index < -0.39 is 0 Å². The van der Waals surface area contributed by atoms with Gasteiger partial charge in [-0.25, -0.2) is 0 Å². The highest BCUT2D eigenvalue weighted by molar-refractivity contribution is 4.89. The molecule has 0 aromatic carbocycles. The summed E-state index contributed by atoms with van der Waals surface area (Å²) in [7, 11) is 2.10. The van der Waals surface area contributed by atoms with E-state index in [0.717, 1.165) is 25.2 Å². The third-order valence-corrected chi connectivity index (χ3v) is 4.00. The van der Waals surface area contributed by atoms with Crippen molar-refractivity contribution < 1.29 is 4.74 Å². The third kappa shape index (κ3) is 3.94. The Morgan fingerprint density at radius 1 is 1.24 bits per heavy atom. The first-order chi connectivity index (χ1) is 8.20. The summed E-state index contributed by atoms with van der Waals surface area (Å²) in [6.07, 6.45) is 4.04. The predicted octanol–water partition coefficient (Wildman–Crippen LogP) is 1.73. The summed E-state index contributed by atoms with van der Waals surface area (Å²) in [5.74, 6) is 1.49. The Morgan fingerprint density at radius 2 is 2.00 bits per heavy atom. The van der Waals surface area contributed by atoms with Gasteiger partial charge in [0.05, 0.1) is 6.61 Å². The fourth-order valence-electron chi connectivity index (χ4n) is 2.88. The lowest BCUT2D eigenvalue weighted by atomic mass is 9.98. The Hall–Kier alpha value is -0.120. The molecule has 0 aromatic heterocycles. The van der Waals surface area contributed by atoms with Crippen LogP contribution in [0.5, 0.6) is 0 Å². The molecule has 2 fully saturated rings. The van der Waals surface area contributed by atoms with Gasteiger partial charge in [-0.3, -0.25) is 4.90 Å². The van der Waals surface area contributed by atoms with Crippen LogP contribution in [0.1, 0.15) is 33.1 Å². The van der Waals surface area contributed by atoms with Gasteiger partial charge in [0.25, 0.3) is 0 Å². The summed E-state index contributed by atoms with van der Waals surface area (Å²) < 4.78 is 5.52. The van der Waals surface area contributed by atoms with E-state index in [1.165, 1.54) is 32.4 Å². The van der Waals surface area contributed by atoms with Crippen LogP contribution in [0.2, 0.25) is 0 Å². The van der Waals surface area contributed by atoms with Crippen molar-refractivity contribution in [3.8, 4) is 0 Å². The predicted molar refractivity (Wildman–Crippen MR) is 71.2 cm³/mol. The number of rotatable bonds is 7. The molecule has 1 heterocycles. The summed E-state index contributed by atoms with van der Waals surface area (Å²) in [6, 6.07) is 1.48. The van der Waals surface area contributed by atoms with E-state index in [9.17, 15) is 0 Å². The van der Waals surface area contributed by atoms with Crippen molar-refractivity contribution in [1.29, 1.82) is 0 Å². The molecule has 1 N–H and O–H groups in total. The summed E-state index contributed by atoms with van der Waals surface area (Å²) in [6.45, 7) is 9.00. The quantitative estimate of drug-likeness (QED) is 0.733. The maximum atomic E-state index is 5.52. The normalized spacial score (nSPS) is 27.0. The van der Waals surface area contributed by atoms with Crippen molar-refractivity contribution in [2.45, 2.75) is 45.2 Å². The van der Waals surface area contributed by atoms with Gasteiger partial charge in [-0.15, -0.1) is 0 Å². The van der Waals surface area contributed by atoms with Gasteiger partial charge in [-0.1, -0.05) is 13.8 Å². The molecule has 2 rings (SSSR count). The largest absolute Gasteiger partial charge is 0.381 e. The van der Waals surface area contributed by atoms with Crippen LogP contribution in [0, 0.1) is 11.8 Å². The molecule has 2 unspecified atom stereocenters. The van der Waals surface area contributed by atoms with Gasteiger partial charge < -0.3 is 10.1 Å². The smallest absolute Gasteiger partial charge is 0.0510 e. The van der Waals surface area contributed by atoms with Gasteiger partial charge in [-0.05, 0) is 32.2 Å². The van der Waals surface area contributed by atoms with Crippen molar-refractivity contribution in [2.75, 3.05) is 33.4 Å². The molecule has 1 saturated heterocycles. The molecule has 2 atom stereocenters. The van der Waals surface area contributed by atoms with Crippen LogP contribution in [0.15, 0.2) is 0 Å². The Kier molecular flexibility index (Phi) is 4.83. The van der Waals surface area contributed by atoms with Gasteiger partial charge in [-0.2, -0.15) is 0 Å². The van der Waals surface area contributed by atoms with Crippen LogP contribution < -0.4 is 5.32 Å². The first-order valence-electron chi connectivity index (χ1n) is 7.19. The SMILES string of the molecule is CNC(CN(CC(C)C)C1CC1)C1CCOC1. The van der Waals surface area contributed by atoms with Crippen molar-refractivity contribution in [2.24, 2.45) is 11.8 Å². The molecule has 0 amide bonds. The van der Waals surface area contributed by atoms with E-state index in [4.69, 9.17) is 4.74 Å². The molecule has 0 spiro atoms. The lowest BCUT2D eigenvalue weighted by Gasteiger charge is -2.31. The Balaban J connectivity index is 1.85. The number of hydrogen-bond donors (Lipinski definition) is 1. The van der Waals surface area contributed by atoms with Gasteiger partial charge in [0, 0.05) is 37.7 Å². The van der Waals surface area contributed by atoms with Gasteiger partial charge in [0.1, 0.15) is 0 Å². The first kappa shape index (κ1) is 13.3. The molecule has 2 aliphatic rings. The molecule has 3 nitrogen and oxygen atoms in total. The van der Waals surface area contributed by atoms with Crippen molar-refractivity contribution in [3.63, 3.8) is 0 Å². The van der Waals surface area contributed by atoms with Gasteiger partial charge in [0.15, 0.2) is 0 Å². The third-order valence-electron chi connectivity index (χ3n) is 4.00. The molecular formula is C14H28N2O. The zero-order valence-electron chi connectivity index (χ0n) is 11.6. The van der Waals surface area contributed by atoms with E-state index in [2.05, 4.69) is 31.1 Å². The lowest BCUT2D eigenvalue weighted by molar-refractivity contribution is 0.155. The van der Waals surface area contributed by atoms with Crippen LogP contribution in [0.4, 0.5) is 0 Å². The summed E-state index contributed by atoms with van der Waals surface area (Å²) in [5, 5.41) is 3.51. The molecule has 17 heavy (non-hydrogen) atoms. The topological polar surface area (TPSA) is 24.5 Å². The number of hydrogen-bond acceptors (Lipinski definition) is 3. The lowest BCUT2D eigenvalue weighted by Crippen LogP contribution is -2.46. The molecule has 100 valence electrons. The maximum absolute atomic E-state index is 5.52. The standard InChI is InChI=1S/C14H28N2O/c1-11(2)8-16(13-4-5-13)9-14(15-3)12-6-7-17-10-12/h11-15H,4-10H2,1-3H3. The second-order valence-electron chi connectivity index (χ2n) is 6.10. The highest BCUT2D eigenvalue weighted by atomic mass is 16.5. The number of likely N-dealkylation sites (N-methyl/N-ethyl adjacent to an activating group) is 1. The second-order valence-corrected chi connectivity index (χ2v) is 6.10. The average molecular weight is 240 g/mol. The second kappa shape index (κ2) is 6.17. The van der Waals surface area contributed by atoms with Crippen molar-refractivity contribution in [1.82, 2.24) is 10.2 Å². The van der Waals surface area contributed by atoms with Crippen molar-refractivity contribution >= 4 is 0 Å². The molecule has 1 aliphatic carbocycles. The van der Waals surface area contributed by atoms with Gasteiger partial charge in [0.2, 0.25) is 0 Å². The summed E-state index contributed by atoms with van der Waals surface area (Å²) >= 11 is 0. The van der Waals surface area contributed by atoms with E-state index in [1.54, 1.807) is 0 Å². The molecular weight excluding hydrogens is 212 g/mol. The fraction of sp³-hybridized carbons (Fsp3) is 1.00. The molecule has 0 bridgehead atoms. The van der Waals surface area contributed by atoms with Crippen LogP contribution in [-0.4, -0.2) is 50.3 Å². The highest BCUT2D eigenvalue weighted by Gasteiger charge is 2.33. The molecule has 3 heteroatoms. The summed E-state index contributed by atoms with van der Waals surface area (Å²) in [4.78, 5) is 2.70. The first-order valence-corrected chi connectivity index (χ1v) is 7.19. The highest BCUT2D eigenvalue weighted by Crippen LogP contribution is 2.29. The summed E-state index contributed by atoms with van der Waals surface area (Å²) in [5.41, 5.74) is 0. The number of nitrogens with one attached hydrogen (secondary N) is 1. The Morgan fingerprint density at radius 3 is 2.47 bits per heavy atom. The minimum Gasteiger partial charge on any atom is -0.381 e. The van der Waals surface area contributed by atoms with E-state index in [-0.39, 0.29) is 0 Å². The molecule has 1 saturated carbocycles. The van der Waals surface area contributed by atoms with Crippen molar-refractivity contribution in [3.05, 3.63) is 0 Å². The average Bonchev–Trinajstić information content (AvgIpc) is 3.00. The molecule has 0 aromatic rings. The minimum atomic E-state index is 0.608.